The maximum absolute atomic E-state index is 5.56. The smallest absolute Gasteiger partial charge is 0.0623 e. The maximum atomic E-state index is 5.56. The summed E-state index contributed by atoms with van der Waals surface area (Å²) in [6, 6.07) is 4.07. The SMILES string of the molecule is COC(C)(C)CCC(NN)c1cccnc1. The van der Waals surface area contributed by atoms with Crippen LogP contribution in [-0.2, 0) is 4.74 Å². The number of aromatic nitrogens is 1. The molecule has 16 heavy (non-hydrogen) atoms. The van der Waals surface area contributed by atoms with Crippen LogP contribution in [0.15, 0.2) is 24.5 Å². The zero-order valence-corrected chi connectivity index (χ0v) is 10.2. The Balaban J connectivity index is 2.57. The van der Waals surface area contributed by atoms with Gasteiger partial charge in [-0.3, -0.25) is 16.3 Å². The number of hydrogen-bond acceptors (Lipinski definition) is 4. The van der Waals surface area contributed by atoms with Crippen LogP contribution in [0.1, 0.15) is 38.3 Å². The van der Waals surface area contributed by atoms with Gasteiger partial charge in [0.1, 0.15) is 0 Å². The number of methoxy groups -OCH3 is 1. The molecule has 4 nitrogen and oxygen atoms in total. The van der Waals surface area contributed by atoms with Crippen LogP contribution in [-0.4, -0.2) is 17.7 Å². The van der Waals surface area contributed by atoms with Crippen LogP contribution in [0.2, 0.25) is 0 Å². The van der Waals surface area contributed by atoms with Gasteiger partial charge in [-0.15, -0.1) is 0 Å². The van der Waals surface area contributed by atoms with Crippen molar-refractivity contribution < 1.29 is 4.74 Å². The molecule has 0 amide bonds. The van der Waals surface area contributed by atoms with Crippen LogP contribution in [0, 0.1) is 0 Å². The molecule has 1 unspecified atom stereocenters. The van der Waals surface area contributed by atoms with Crippen molar-refractivity contribution in [2.75, 3.05) is 7.11 Å². The predicted molar refractivity (Wildman–Crippen MR) is 64.6 cm³/mol. The van der Waals surface area contributed by atoms with Crippen molar-refractivity contribution in [3.05, 3.63) is 30.1 Å². The molecule has 4 heteroatoms. The highest BCUT2D eigenvalue weighted by molar-refractivity contribution is 5.13. The fourth-order valence-corrected chi connectivity index (χ4v) is 1.52. The van der Waals surface area contributed by atoms with E-state index in [4.69, 9.17) is 10.6 Å². The minimum atomic E-state index is -0.114. The third-order valence-corrected chi connectivity index (χ3v) is 2.88. The van der Waals surface area contributed by atoms with E-state index in [0.29, 0.717) is 0 Å². The van der Waals surface area contributed by atoms with Gasteiger partial charge in [-0.25, -0.2) is 0 Å². The van der Waals surface area contributed by atoms with Crippen LogP contribution < -0.4 is 11.3 Å². The van der Waals surface area contributed by atoms with E-state index in [1.54, 1.807) is 13.3 Å². The van der Waals surface area contributed by atoms with Crippen LogP contribution in [0.5, 0.6) is 0 Å². The van der Waals surface area contributed by atoms with Crippen LogP contribution in [0.25, 0.3) is 0 Å². The Morgan fingerprint density at radius 2 is 2.31 bits per heavy atom. The number of rotatable bonds is 6. The fourth-order valence-electron chi connectivity index (χ4n) is 1.52. The number of pyridine rings is 1. The molecule has 90 valence electrons. The molecule has 0 aromatic carbocycles. The molecule has 0 saturated carbocycles. The second kappa shape index (κ2) is 5.94. The highest BCUT2D eigenvalue weighted by Crippen LogP contribution is 2.23. The summed E-state index contributed by atoms with van der Waals surface area (Å²) in [4.78, 5) is 4.09. The van der Waals surface area contributed by atoms with Gasteiger partial charge in [0.25, 0.3) is 0 Å². The van der Waals surface area contributed by atoms with E-state index in [1.165, 1.54) is 0 Å². The van der Waals surface area contributed by atoms with Gasteiger partial charge in [-0.1, -0.05) is 6.07 Å². The van der Waals surface area contributed by atoms with E-state index in [0.717, 1.165) is 18.4 Å². The summed E-state index contributed by atoms with van der Waals surface area (Å²) < 4.78 is 5.38. The van der Waals surface area contributed by atoms with E-state index < -0.39 is 0 Å². The Hall–Kier alpha value is -0.970. The third-order valence-electron chi connectivity index (χ3n) is 2.88. The number of nitrogens with one attached hydrogen (secondary N) is 1. The number of hydrazine groups is 1. The molecule has 0 bridgehead atoms. The van der Waals surface area contributed by atoms with Gasteiger partial charge in [0.15, 0.2) is 0 Å². The number of nitrogens with zero attached hydrogens (tertiary/aromatic N) is 1. The summed E-state index contributed by atoms with van der Waals surface area (Å²) in [6.07, 6.45) is 5.46. The van der Waals surface area contributed by atoms with Crippen molar-refractivity contribution in [3.8, 4) is 0 Å². The standard InChI is InChI=1S/C12H21N3O/c1-12(2,16-3)7-6-11(15-13)10-5-4-8-14-9-10/h4-5,8-9,11,15H,6-7,13H2,1-3H3. The van der Waals surface area contributed by atoms with Gasteiger partial charge < -0.3 is 4.74 Å². The fraction of sp³-hybridized carbons (Fsp3) is 0.583. The zero-order chi connectivity index (χ0) is 12.0. The summed E-state index contributed by atoms with van der Waals surface area (Å²) in [5.41, 5.74) is 3.81. The van der Waals surface area contributed by atoms with Crippen molar-refractivity contribution in [1.29, 1.82) is 0 Å². The normalized spacial score (nSPS) is 13.8. The number of hydrogen-bond donors (Lipinski definition) is 2. The van der Waals surface area contributed by atoms with Crippen LogP contribution in [0.3, 0.4) is 0 Å². The van der Waals surface area contributed by atoms with E-state index in [1.807, 2.05) is 18.3 Å². The van der Waals surface area contributed by atoms with Gasteiger partial charge >= 0.3 is 0 Å². The summed E-state index contributed by atoms with van der Waals surface area (Å²) in [6.45, 7) is 4.15. The molecule has 1 aromatic heterocycles. The molecule has 1 atom stereocenters. The van der Waals surface area contributed by atoms with Gasteiger partial charge in [0, 0.05) is 25.5 Å². The Bertz CT molecular complexity index is 300. The molecular formula is C12H21N3O. The molecule has 0 aliphatic carbocycles. The third kappa shape index (κ3) is 3.89. The van der Waals surface area contributed by atoms with E-state index >= 15 is 0 Å². The lowest BCUT2D eigenvalue weighted by molar-refractivity contribution is 0.0116. The minimum Gasteiger partial charge on any atom is -0.379 e. The van der Waals surface area contributed by atoms with Gasteiger partial charge in [0.05, 0.1) is 5.60 Å². The van der Waals surface area contributed by atoms with E-state index in [-0.39, 0.29) is 11.6 Å². The summed E-state index contributed by atoms with van der Waals surface area (Å²) in [5, 5.41) is 0. The highest BCUT2D eigenvalue weighted by atomic mass is 16.5. The van der Waals surface area contributed by atoms with Crippen LogP contribution >= 0.6 is 0 Å². The van der Waals surface area contributed by atoms with E-state index in [9.17, 15) is 0 Å². The van der Waals surface area contributed by atoms with Crippen molar-refractivity contribution in [3.63, 3.8) is 0 Å². The van der Waals surface area contributed by atoms with Crippen molar-refractivity contribution >= 4 is 0 Å². The maximum Gasteiger partial charge on any atom is 0.0623 e. The average Bonchev–Trinajstić information content (AvgIpc) is 2.31. The summed E-state index contributed by atoms with van der Waals surface area (Å²) >= 11 is 0. The molecule has 0 fully saturated rings. The Kier molecular flexibility index (Phi) is 4.86. The summed E-state index contributed by atoms with van der Waals surface area (Å²) in [7, 11) is 1.73. The van der Waals surface area contributed by atoms with E-state index in [2.05, 4.69) is 24.3 Å². The van der Waals surface area contributed by atoms with Gasteiger partial charge in [-0.05, 0) is 38.3 Å². The van der Waals surface area contributed by atoms with Crippen molar-refractivity contribution in [2.45, 2.75) is 38.3 Å². The lowest BCUT2D eigenvalue weighted by Gasteiger charge is -2.25. The first-order valence-electron chi connectivity index (χ1n) is 5.50. The minimum absolute atomic E-state index is 0.114. The first-order chi connectivity index (χ1) is 7.59. The molecular weight excluding hydrogens is 202 g/mol. The topological polar surface area (TPSA) is 60.2 Å². The van der Waals surface area contributed by atoms with Gasteiger partial charge in [0.2, 0.25) is 0 Å². The second-order valence-electron chi connectivity index (χ2n) is 4.51. The monoisotopic (exact) mass is 223 g/mol. The predicted octanol–water partition coefficient (Wildman–Crippen LogP) is 1.79. The van der Waals surface area contributed by atoms with Crippen molar-refractivity contribution in [2.24, 2.45) is 5.84 Å². The number of nitrogens with two attached hydrogens (primary N) is 1. The van der Waals surface area contributed by atoms with Gasteiger partial charge in [-0.2, -0.15) is 0 Å². The molecule has 1 aromatic rings. The molecule has 1 heterocycles. The van der Waals surface area contributed by atoms with Crippen molar-refractivity contribution in [1.82, 2.24) is 10.4 Å². The molecule has 3 N–H and O–H groups in total. The Labute approximate surface area is 97.2 Å². The quantitative estimate of drug-likeness (QED) is 0.570. The average molecular weight is 223 g/mol. The molecule has 0 radical (unpaired) electrons. The lowest BCUT2D eigenvalue weighted by Crippen LogP contribution is -2.31. The molecule has 0 aliphatic heterocycles. The largest absolute Gasteiger partial charge is 0.379 e. The Morgan fingerprint density at radius 1 is 1.56 bits per heavy atom. The molecule has 0 aliphatic rings. The summed E-state index contributed by atoms with van der Waals surface area (Å²) in [5.74, 6) is 5.56. The number of ether oxygens (including phenoxy) is 1. The zero-order valence-electron chi connectivity index (χ0n) is 10.2. The second-order valence-corrected chi connectivity index (χ2v) is 4.51. The molecule has 0 saturated heterocycles. The highest BCUT2D eigenvalue weighted by Gasteiger charge is 2.19. The Morgan fingerprint density at radius 3 is 2.81 bits per heavy atom. The first-order valence-corrected chi connectivity index (χ1v) is 5.50. The molecule has 0 spiro atoms. The molecule has 1 rings (SSSR count). The van der Waals surface area contributed by atoms with Crippen LogP contribution in [0.4, 0.5) is 0 Å². The lowest BCUT2D eigenvalue weighted by atomic mass is 9.96. The first kappa shape index (κ1) is 13.1.